The number of nitrogens with two attached hydrogens (primary N) is 1. The second-order valence-electron chi connectivity index (χ2n) is 15.2. The standard InChI is InChI=1S/C50H88NO7P/c1-3-5-7-9-11-13-15-17-19-21-22-23-24-25-26-27-28-30-32-34-36-38-40-42-45-55-47-49(48-57-59(53,54)56-46-44-51)58-50(52)43-41-39-37-35-33-31-29-20-18-16-14-12-10-8-6-4-2/h5,7,11,13,17,19,22-23,25-26,28,30,34,36,49H,3-4,6,8-10,12,14-16,18,20-21,24,27,29,31-33,35,37-48,51H2,1-2H3,(H,53,54)/b7-5-,13-11-,19-17-,23-22-,26-25-,30-28-,36-34-. The molecule has 0 aliphatic carbocycles. The highest BCUT2D eigenvalue weighted by atomic mass is 31.2. The summed E-state index contributed by atoms with van der Waals surface area (Å²) in [6.07, 6.45) is 60.4. The van der Waals surface area contributed by atoms with Gasteiger partial charge < -0.3 is 20.1 Å². The first kappa shape index (κ1) is 56.7. The van der Waals surface area contributed by atoms with Crippen molar-refractivity contribution in [1.82, 2.24) is 0 Å². The molecule has 0 aromatic carbocycles. The fourth-order valence-electron chi connectivity index (χ4n) is 6.15. The maximum absolute atomic E-state index is 12.6. The highest BCUT2D eigenvalue weighted by Gasteiger charge is 2.25. The van der Waals surface area contributed by atoms with E-state index in [4.69, 9.17) is 24.3 Å². The lowest BCUT2D eigenvalue weighted by Gasteiger charge is -2.20. The Morgan fingerprint density at radius 1 is 0.525 bits per heavy atom. The number of rotatable bonds is 44. The van der Waals surface area contributed by atoms with Gasteiger partial charge in [-0.3, -0.25) is 13.8 Å². The lowest BCUT2D eigenvalue weighted by molar-refractivity contribution is -0.154. The molecule has 2 atom stereocenters. The molecular formula is C50H88NO7P. The van der Waals surface area contributed by atoms with Crippen molar-refractivity contribution in [2.24, 2.45) is 5.73 Å². The van der Waals surface area contributed by atoms with E-state index in [-0.39, 0.29) is 32.3 Å². The minimum atomic E-state index is -4.30. The fraction of sp³-hybridized carbons (Fsp3) is 0.700. The molecule has 9 heteroatoms. The van der Waals surface area contributed by atoms with Gasteiger partial charge >= 0.3 is 13.8 Å². The SMILES string of the molecule is CC/C=C\C/C=C\C/C=C\C/C=C\C/C=C\C/C=C\C/C=C\CCCCOCC(COP(=O)(O)OCCN)OC(=O)CCCCCCCCCCCCCCCCCC. The summed E-state index contributed by atoms with van der Waals surface area (Å²) < 4.78 is 33.4. The van der Waals surface area contributed by atoms with E-state index in [0.29, 0.717) is 13.0 Å². The monoisotopic (exact) mass is 846 g/mol. The zero-order chi connectivity index (χ0) is 43.0. The molecule has 0 spiro atoms. The van der Waals surface area contributed by atoms with Crippen LogP contribution in [-0.4, -0.2) is 49.9 Å². The Labute approximate surface area is 362 Å². The molecule has 0 amide bonds. The number of ether oxygens (including phenoxy) is 2. The average molecular weight is 846 g/mol. The van der Waals surface area contributed by atoms with E-state index < -0.39 is 13.9 Å². The summed E-state index contributed by atoms with van der Waals surface area (Å²) in [5.41, 5.74) is 5.37. The van der Waals surface area contributed by atoms with Crippen LogP contribution < -0.4 is 5.73 Å². The summed E-state index contributed by atoms with van der Waals surface area (Å²) in [6.45, 7) is 4.69. The van der Waals surface area contributed by atoms with Gasteiger partial charge in [-0.15, -0.1) is 0 Å². The quantitative estimate of drug-likeness (QED) is 0.0269. The predicted molar refractivity (Wildman–Crippen MR) is 251 cm³/mol. The molecule has 2 unspecified atom stereocenters. The Kier molecular flexibility index (Phi) is 44.9. The summed E-state index contributed by atoms with van der Waals surface area (Å²) in [4.78, 5) is 22.5. The first-order chi connectivity index (χ1) is 28.9. The molecule has 0 saturated heterocycles. The molecule has 0 aromatic heterocycles. The third kappa shape index (κ3) is 46.6. The van der Waals surface area contributed by atoms with Crippen LogP contribution in [0.5, 0.6) is 0 Å². The first-order valence-electron chi connectivity index (χ1n) is 23.6. The lowest BCUT2D eigenvalue weighted by Crippen LogP contribution is -2.28. The maximum atomic E-state index is 12.6. The summed E-state index contributed by atoms with van der Waals surface area (Å²) in [5, 5.41) is 0. The van der Waals surface area contributed by atoms with Crippen LogP contribution in [0.25, 0.3) is 0 Å². The van der Waals surface area contributed by atoms with Crippen molar-refractivity contribution in [3.8, 4) is 0 Å². The van der Waals surface area contributed by atoms with E-state index in [1.165, 1.54) is 83.5 Å². The largest absolute Gasteiger partial charge is 0.472 e. The number of esters is 1. The molecule has 0 radical (unpaired) electrons. The van der Waals surface area contributed by atoms with E-state index in [1.54, 1.807) is 0 Å². The van der Waals surface area contributed by atoms with Crippen LogP contribution in [0.1, 0.15) is 187 Å². The minimum absolute atomic E-state index is 0.0834. The maximum Gasteiger partial charge on any atom is 0.472 e. The van der Waals surface area contributed by atoms with Crippen LogP contribution >= 0.6 is 7.82 Å². The second-order valence-corrected chi connectivity index (χ2v) is 16.7. The van der Waals surface area contributed by atoms with Gasteiger partial charge in [0.1, 0.15) is 6.10 Å². The van der Waals surface area contributed by atoms with Crippen molar-refractivity contribution >= 4 is 13.8 Å². The molecule has 8 nitrogen and oxygen atoms in total. The Morgan fingerprint density at radius 3 is 1.39 bits per heavy atom. The second kappa shape index (κ2) is 46.7. The molecule has 0 aliphatic rings. The van der Waals surface area contributed by atoms with Gasteiger partial charge in [0.05, 0.1) is 19.8 Å². The average Bonchev–Trinajstić information content (AvgIpc) is 3.23. The Morgan fingerprint density at radius 2 is 0.949 bits per heavy atom. The van der Waals surface area contributed by atoms with Crippen LogP contribution in [0, 0.1) is 0 Å². The van der Waals surface area contributed by atoms with Crippen LogP contribution in [0.2, 0.25) is 0 Å². The third-order valence-electron chi connectivity index (χ3n) is 9.58. The number of hydrogen-bond donors (Lipinski definition) is 2. The van der Waals surface area contributed by atoms with E-state index >= 15 is 0 Å². The highest BCUT2D eigenvalue weighted by molar-refractivity contribution is 7.47. The molecule has 0 aliphatic heterocycles. The number of phosphoric ester groups is 1. The molecule has 0 fully saturated rings. The molecule has 340 valence electrons. The van der Waals surface area contributed by atoms with Crippen molar-refractivity contribution in [2.75, 3.05) is 33.0 Å². The van der Waals surface area contributed by atoms with Gasteiger partial charge in [0.25, 0.3) is 0 Å². The van der Waals surface area contributed by atoms with Gasteiger partial charge in [0, 0.05) is 19.6 Å². The van der Waals surface area contributed by atoms with Gasteiger partial charge in [0.15, 0.2) is 0 Å². The van der Waals surface area contributed by atoms with E-state index in [9.17, 15) is 14.3 Å². The van der Waals surface area contributed by atoms with Gasteiger partial charge in [-0.05, 0) is 70.6 Å². The first-order valence-corrected chi connectivity index (χ1v) is 25.1. The van der Waals surface area contributed by atoms with E-state index in [0.717, 1.165) is 83.5 Å². The molecule has 0 bridgehead atoms. The summed E-state index contributed by atoms with van der Waals surface area (Å²) in [6, 6.07) is 0. The predicted octanol–water partition coefficient (Wildman–Crippen LogP) is 14.5. The van der Waals surface area contributed by atoms with Crippen molar-refractivity contribution in [3.63, 3.8) is 0 Å². The minimum Gasteiger partial charge on any atom is -0.457 e. The number of unbranched alkanes of at least 4 members (excludes halogenated alkanes) is 17. The van der Waals surface area contributed by atoms with Crippen LogP contribution in [0.4, 0.5) is 0 Å². The zero-order valence-electron chi connectivity index (χ0n) is 37.7. The fourth-order valence-corrected chi connectivity index (χ4v) is 6.92. The number of carbonyl (C=O) groups excluding carboxylic acids is 1. The van der Waals surface area contributed by atoms with Crippen LogP contribution in [-0.2, 0) is 27.9 Å². The van der Waals surface area contributed by atoms with Gasteiger partial charge in [-0.2, -0.15) is 0 Å². The molecule has 59 heavy (non-hydrogen) atoms. The highest BCUT2D eigenvalue weighted by Crippen LogP contribution is 2.43. The Balaban J connectivity index is 4.10. The van der Waals surface area contributed by atoms with Crippen LogP contribution in [0.15, 0.2) is 85.1 Å². The lowest BCUT2D eigenvalue weighted by atomic mass is 10.0. The third-order valence-corrected chi connectivity index (χ3v) is 10.6. The van der Waals surface area contributed by atoms with Crippen molar-refractivity contribution in [2.45, 2.75) is 193 Å². The van der Waals surface area contributed by atoms with Crippen molar-refractivity contribution < 1.29 is 32.8 Å². The number of carbonyl (C=O) groups is 1. The number of hydrogen-bond acceptors (Lipinski definition) is 7. The molecule has 0 rings (SSSR count). The van der Waals surface area contributed by atoms with E-state index in [2.05, 4.69) is 98.9 Å². The molecule has 3 N–H and O–H groups in total. The Bertz CT molecular complexity index is 1180. The molecule has 0 saturated carbocycles. The van der Waals surface area contributed by atoms with Gasteiger partial charge in [-0.1, -0.05) is 195 Å². The summed E-state index contributed by atoms with van der Waals surface area (Å²) in [5.74, 6) is -0.347. The van der Waals surface area contributed by atoms with E-state index in [1.807, 2.05) is 0 Å². The van der Waals surface area contributed by atoms with Crippen molar-refractivity contribution in [1.29, 1.82) is 0 Å². The number of phosphoric acid groups is 1. The summed E-state index contributed by atoms with van der Waals surface area (Å²) >= 11 is 0. The van der Waals surface area contributed by atoms with Gasteiger partial charge in [0.2, 0.25) is 0 Å². The normalized spacial score (nSPS) is 14.2. The zero-order valence-corrected chi connectivity index (χ0v) is 38.6. The van der Waals surface area contributed by atoms with Gasteiger partial charge in [-0.25, -0.2) is 4.57 Å². The topological polar surface area (TPSA) is 117 Å². The molecule has 0 heterocycles. The number of allylic oxidation sites excluding steroid dienone is 14. The Hall–Kier alpha value is -2.32. The van der Waals surface area contributed by atoms with Crippen LogP contribution in [0.3, 0.4) is 0 Å². The molecule has 0 aromatic rings. The summed E-state index contributed by atoms with van der Waals surface area (Å²) in [7, 11) is -4.30. The molecular weight excluding hydrogens is 758 g/mol. The smallest absolute Gasteiger partial charge is 0.457 e. The van der Waals surface area contributed by atoms with Crippen molar-refractivity contribution in [3.05, 3.63) is 85.1 Å².